The first-order chi connectivity index (χ1) is 9.07. The van der Waals surface area contributed by atoms with Crippen molar-refractivity contribution in [2.24, 2.45) is 5.92 Å². The smallest absolute Gasteiger partial charge is 0.187 e. The SMILES string of the molecule is FOC1CC2CC1(OF)C(OF)(OF)C2(OF)OF. The van der Waals surface area contributed by atoms with E-state index < -0.39 is 42.0 Å². The fourth-order valence-corrected chi connectivity index (χ4v) is 2.96. The Morgan fingerprint density at radius 2 is 1.37 bits per heavy atom. The molecule has 2 rings (SSSR count). The lowest BCUT2D eigenvalue weighted by Crippen LogP contribution is -2.71. The Kier molecular flexibility index (Phi) is 3.66. The Morgan fingerprint density at radius 3 is 1.74 bits per heavy atom. The molecule has 0 spiro atoms. The van der Waals surface area contributed by atoms with E-state index in [0.29, 0.717) is 0 Å². The van der Waals surface area contributed by atoms with Gasteiger partial charge in [-0.25, -0.2) is 0 Å². The molecule has 0 heterocycles. The van der Waals surface area contributed by atoms with E-state index in [1.165, 1.54) is 0 Å². The Bertz CT molecular complexity index is 338. The molecule has 0 N–H and O–H groups in total. The maximum atomic E-state index is 12.7. The van der Waals surface area contributed by atoms with Gasteiger partial charge < -0.3 is 0 Å². The Hall–Kier alpha value is -0.660. The van der Waals surface area contributed by atoms with Crippen molar-refractivity contribution in [1.29, 1.82) is 0 Å². The molecule has 12 heteroatoms. The molecule has 19 heavy (non-hydrogen) atoms. The van der Waals surface area contributed by atoms with Gasteiger partial charge in [0.05, 0.1) is 0 Å². The van der Waals surface area contributed by atoms with E-state index in [0.717, 1.165) is 0 Å². The lowest BCUT2D eigenvalue weighted by atomic mass is 9.83. The average molecular weight is 300 g/mol. The molecule has 0 saturated heterocycles. The summed E-state index contributed by atoms with van der Waals surface area (Å²) in [6.07, 6.45) is -3.50. The topological polar surface area (TPSA) is 55.4 Å². The molecule has 0 aliphatic heterocycles. The number of fused-ring (bicyclic) bond motifs is 2. The van der Waals surface area contributed by atoms with Crippen molar-refractivity contribution < 1.29 is 56.8 Å². The fourth-order valence-electron chi connectivity index (χ4n) is 2.96. The molecule has 0 amide bonds. The van der Waals surface area contributed by atoms with E-state index in [-0.39, 0.29) is 0 Å². The van der Waals surface area contributed by atoms with Crippen molar-refractivity contribution in [2.75, 3.05) is 0 Å². The van der Waals surface area contributed by atoms with Crippen molar-refractivity contribution in [3.63, 3.8) is 0 Å². The monoisotopic (exact) mass is 300 g/mol. The minimum Gasteiger partial charge on any atom is -0.187 e. The van der Waals surface area contributed by atoms with Crippen LogP contribution in [0, 0.1) is 5.92 Å². The number of rotatable bonds is 6. The summed E-state index contributed by atoms with van der Waals surface area (Å²) in [5.74, 6) is -8.99. The molecule has 2 bridgehead atoms. The van der Waals surface area contributed by atoms with Gasteiger partial charge in [-0.2, -0.15) is 9.88 Å². The molecule has 0 aromatic rings. The second-order valence-electron chi connectivity index (χ2n) is 4.27. The molecule has 2 aliphatic carbocycles. The minimum atomic E-state index is -3.86. The van der Waals surface area contributed by atoms with Gasteiger partial charge in [-0.3, -0.25) is 0 Å². The van der Waals surface area contributed by atoms with Gasteiger partial charge >= 0.3 is 11.6 Å². The minimum absolute atomic E-state index is 0.650. The maximum absolute atomic E-state index is 12.7. The molecule has 3 unspecified atom stereocenters. The van der Waals surface area contributed by atoms with Crippen molar-refractivity contribution in [2.45, 2.75) is 36.1 Å². The summed E-state index contributed by atoms with van der Waals surface area (Å²) < 4.78 is 75.4. The van der Waals surface area contributed by atoms with E-state index in [1.807, 2.05) is 0 Å². The lowest BCUT2D eigenvalue weighted by molar-refractivity contribution is -0.592. The second kappa shape index (κ2) is 4.71. The van der Waals surface area contributed by atoms with E-state index in [4.69, 9.17) is 0 Å². The first-order valence-electron chi connectivity index (χ1n) is 4.84. The molecule has 0 aromatic heterocycles. The van der Waals surface area contributed by atoms with E-state index in [9.17, 15) is 27.2 Å². The van der Waals surface area contributed by atoms with Crippen molar-refractivity contribution in [1.82, 2.24) is 0 Å². The van der Waals surface area contributed by atoms with Gasteiger partial charge in [0.2, 0.25) is 5.60 Å². The zero-order chi connectivity index (χ0) is 14.3. The normalized spacial score (nSPS) is 38.8. The van der Waals surface area contributed by atoms with Crippen LogP contribution in [0.15, 0.2) is 0 Å². The lowest BCUT2D eigenvalue weighted by Gasteiger charge is -2.44. The Balaban J connectivity index is 2.59. The van der Waals surface area contributed by atoms with Crippen LogP contribution in [-0.4, -0.2) is 23.3 Å². The molecule has 2 saturated carbocycles. The van der Waals surface area contributed by atoms with Gasteiger partial charge in [-0.1, -0.05) is 0 Å². The van der Waals surface area contributed by atoms with E-state index in [1.54, 1.807) is 0 Å². The molecule has 6 nitrogen and oxygen atoms in total. The van der Waals surface area contributed by atoms with Gasteiger partial charge in [0.25, 0.3) is 0 Å². The quantitative estimate of drug-likeness (QED) is 0.554. The first kappa shape index (κ1) is 14.7. The van der Waals surface area contributed by atoms with Gasteiger partial charge in [0, 0.05) is 5.92 Å². The predicted octanol–water partition coefficient (Wildman–Crippen LogP) is 2.32. The van der Waals surface area contributed by atoms with Gasteiger partial charge in [0.15, 0.2) is 0 Å². The van der Waals surface area contributed by atoms with Crippen LogP contribution in [-0.2, 0) is 29.6 Å². The third-order valence-electron chi connectivity index (χ3n) is 3.81. The maximum Gasteiger partial charge on any atom is 0.338 e. The summed E-state index contributed by atoms with van der Waals surface area (Å²) in [7, 11) is 0. The standard InChI is InChI=1S/C7H6F6O6/c8-14-4-1-3-2-5(4,15-9)7(18-12,19-13)6(3,16-10)17-11/h3-4H,1-2H2. The van der Waals surface area contributed by atoms with E-state index in [2.05, 4.69) is 29.6 Å². The molecule has 112 valence electrons. The highest BCUT2D eigenvalue weighted by Crippen LogP contribution is 2.66. The number of halogens is 6. The van der Waals surface area contributed by atoms with Crippen molar-refractivity contribution in [3.8, 4) is 0 Å². The molecule has 3 atom stereocenters. The van der Waals surface area contributed by atoms with Crippen molar-refractivity contribution in [3.05, 3.63) is 0 Å². The van der Waals surface area contributed by atoms with Crippen LogP contribution in [0.3, 0.4) is 0 Å². The summed E-state index contributed by atoms with van der Waals surface area (Å²) in [5, 5.41) is 0. The van der Waals surface area contributed by atoms with Crippen LogP contribution >= 0.6 is 0 Å². The van der Waals surface area contributed by atoms with Gasteiger partial charge in [-0.05, 0) is 40.0 Å². The van der Waals surface area contributed by atoms with Crippen LogP contribution < -0.4 is 0 Å². The highest BCUT2D eigenvalue weighted by molar-refractivity contribution is 5.23. The summed E-state index contributed by atoms with van der Waals surface area (Å²) in [4.78, 5) is 18.6. The zero-order valence-corrected chi connectivity index (χ0v) is 8.79. The van der Waals surface area contributed by atoms with E-state index >= 15 is 0 Å². The summed E-state index contributed by atoms with van der Waals surface area (Å²) in [5.41, 5.74) is -3.02. The predicted molar refractivity (Wildman–Crippen MR) is 37.9 cm³/mol. The molecular weight excluding hydrogens is 294 g/mol. The van der Waals surface area contributed by atoms with Crippen LogP contribution in [0.2, 0.25) is 0 Å². The molecule has 0 radical (unpaired) electrons. The van der Waals surface area contributed by atoms with Gasteiger partial charge in [-0.15, -0.1) is 19.8 Å². The largest absolute Gasteiger partial charge is 0.338 e. The highest BCUT2D eigenvalue weighted by atomic mass is 19.3. The van der Waals surface area contributed by atoms with Crippen LogP contribution in [0.5, 0.6) is 0 Å². The van der Waals surface area contributed by atoms with Crippen molar-refractivity contribution >= 4 is 0 Å². The van der Waals surface area contributed by atoms with Crippen LogP contribution in [0.4, 0.5) is 27.2 Å². The number of hydrogen-bond acceptors (Lipinski definition) is 6. The first-order valence-corrected chi connectivity index (χ1v) is 4.84. The third-order valence-corrected chi connectivity index (χ3v) is 3.81. The Morgan fingerprint density at radius 1 is 0.789 bits per heavy atom. The molecule has 0 aromatic carbocycles. The summed E-state index contributed by atoms with van der Waals surface area (Å²) in [6.45, 7) is 0. The van der Waals surface area contributed by atoms with Gasteiger partial charge in [0.1, 0.15) is 6.10 Å². The zero-order valence-electron chi connectivity index (χ0n) is 8.79. The number of hydrogen-bond donors (Lipinski definition) is 0. The molecular formula is C7H6F6O6. The van der Waals surface area contributed by atoms with Crippen LogP contribution in [0.1, 0.15) is 12.8 Å². The average Bonchev–Trinajstić information content (AvgIpc) is 2.96. The Labute approximate surface area is 100.0 Å². The van der Waals surface area contributed by atoms with Crippen LogP contribution in [0.25, 0.3) is 0 Å². The third kappa shape index (κ3) is 1.33. The second-order valence-corrected chi connectivity index (χ2v) is 4.27. The molecule has 2 fully saturated rings. The summed E-state index contributed by atoms with van der Waals surface area (Å²) >= 11 is 0. The highest BCUT2D eigenvalue weighted by Gasteiger charge is 2.89. The molecule has 2 aliphatic rings. The fraction of sp³-hybridized carbons (Fsp3) is 1.00. The summed E-state index contributed by atoms with van der Waals surface area (Å²) in [6, 6.07) is 0.